The van der Waals surface area contributed by atoms with Crippen molar-refractivity contribution in [2.45, 2.75) is 16.5 Å². The number of aromatic nitrogens is 3. The van der Waals surface area contributed by atoms with Gasteiger partial charge in [0, 0.05) is 0 Å². The quantitative estimate of drug-likeness (QED) is 0.711. The average Bonchev–Trinajstić information content (AvgIpc) is 3.04. The highest BCUT2D eigenvalue weighted by molar-refractivity contribution is 8.02. The Labute approximate surface area is 132 Å². The lowest BCUT2D eigenvalue weighted by molar-refractivity contribution is -0.115. The second-order valence-electron chi connectivity index (χ2n) is 4.14. The van der Waals surface area contributed by atoms with E-state index in [4.69, 9.17) is 5.73 Å². The molecule has 0 spiro atoms. The molecule has 0 aliphatic carbocycles. The van der Waals surface area contributed by atoms with Crippen LogP contribution < -0.4 is 11.1 Å². The molecule has 2 aromatic heterocycles. The standard InChI is InChI=1S/C12H11N5OS3/c1-6(19-12-17-16-10(13)21-12)9(18)15-11-14-7-4-2-3-5-8(7)20-11/h2-6H,1H3,(H2,13,16)(H,14,15,18)/t6-/m0/s1. The summed E-state index contributed by atoms with van der Waals surface area (Å²) in [4.78, 5) is 16.5. The number of thiazole rings is 1. The number of nitrogens with zero attached hydrogens (tertiary/aromatic N) is 3. The van der Waals surface area contributed by atoms with Gasteiger partial charge in [0.15, 0.2) is 9.47 Å². The summed E-state index contributed by atoms with van der Waals surface area (Å²) >= 11 is 4.05. The summed E-state index contributed by atoms with van der Waals surface area (Å²) < 4.78 is 1.73. The molecular formula is C12H11N5OS3. The fourth-order valence-corrected chi connectivity index (χ4v) is 4.25. The fourth-order valence-electron chi connectivity index (χ4n) is 1.61. The highest BCUT2D eigenvalue weighted by atomic mass is 32.2. The molecule has 9 heteroatoms. The van der Waals surface area contributed by atoms with Crippen LogP contribution in [0, 0.1) is 0 Å². The van der Waals surface area contributed by atoms with Crippen LogP contribution in [0.4, 0.5) is 10.3 Å². The van der Waals surface area contributed by atoms with E-state index in [-0.39, 0.29) is 11.2 Å². The summed E-state index contributed by atoms with van der Waals surface area (Å²) in [6.07, 6.45) is 0. The summed E-state index contributed by atoms with van der Waals surface area (Å²) in [6.45, 7) is 1.81. The van der Waals surface area contributed by atoms with Crippen LogP contribution >= 0.6 is 34.4 Å². The van der Waals surface area contributed by atoms with E-state index in [0.29, 0.717) is 14.6 Å². The van der Waals surface area contributed by atoms with Crippen molar-refractivity contribution >= 4 is 60.8 Å². The van der Waals surface area contributed by atoms with Crippen molar-refractivity contribution in [3.63, 3.8) is 0 Å². The number of thioether (sulfide) groups is 1. The van der Waals surface area contributed by atoms with E-state index in [9.17, 15) is 4.79 Å². The van der Waals surface area contributed by atoms with Crippen molar-refractivity contribution in [1.82, 2.24) is 15.2 Å². The first-order chi connectivity index (χ1) is 10.1. The van der Waals surface area contributed by atoms with Crippen molar-refractivity contribution in [2.24, 2.45) is 0 Å². The zero-order chi connectivity index (χ0) is 14.8. The minimum absolute atomic E-state index is 0.118. The van der Waals surface area contributed by atoms with E-state index in [2.05, 4.69) is 20.5 Å². The first-order valence-electron chi connectivity index (χ1n) is 6.04. The number of nitrogens with one attached hydrogen (secondary N) is 1. The number of rotatable bonds is 4. The maximum atomic E-state index is 12.2. The number of nitrogen functional groups attached to an aromatic ring is 1. The van der Waals surface area contributed by atoms with Crippen molar-refractivity contribution in [3.05, 3.63) is 24.3 Å². The Balaban J connectivity index is 1.67. The molecule has 1 aromatic carbocycles. The summed E-state index contributed by atoms with van der Waals surface area (Å²) in [5.74, 6) is -0.118. The monoisotopic (exact) mass is 337 g/mol. The molecule has 3 rings (SSSR count). The van der Waals surface area contributed by atoms with E-state index in [1.165, 1.54) is 34.4 Å². The summed E-state index contributed by atoms with van der Waals surface area (Å²) in [5.41, 5.74) is 6.40. The molecule has 0 aliphatic rings. The number of para-hydroxylation sites is 1. The van der Waals surface area contributed by atoms with E-state index < -0.39 is 0 Å². The van der Waals surface area contributed by atoms with Crippen LogP contribution in [0.3, 0.4) is 0 Å². The predicted molar refractivity (Wildman–Crippen MR) is 87.9 cm³/mol. The molecule has 2 heterocycles. The van der Waals surface area contributed by atoms with E-state index in [1.807, 2.05) is 31.2 Å². The number of hydrogen-bond acceptors (Lipinski definition) is 8. The number of nitrogens with two attached hydrogens (primary N) is 1. The molecule has 1 amide bonds. The number of carbonyl (C=O) groups excluding carboxylic acids is 1. The third-order valence-corrected chi connectivity index (χ3v) is 5.48. The van der Waals surface area contributed by atoms with Gasteiger partial charge in [-0.3, -0.25) is 4.79 Å². The Hall–Kier alpha value is -1.71. The molecule has 21 heavy (non-hydrogen) atoms. The van der Waals surface area contributed by atoms with Crippen LogP contribution in [0.2, 0.25) is 0 Å². The van der Waals surface area contributed by atoms with E-state index in [0.717, 1.165) is 10.2 Å². The molecule has 0 unspecified atom stereocenters. The number of benzene rings is 1. The van der Waals surface area contributed by atoms with Crippen LogP contribution in [-0.2, 0) is 4.79 Å². The largest absolute Gasteiger partial charge is 0.374 e. The SMILES string of the molecule is C[C@H](Sc1nnc(N)s1)C(=O)Nc1nc2ccccc2s1. The van der Waals surface area contributed by atoms with Gasteiger partial charge in [-0.1, -0.05) is 46.6 Å². The second-order valence-corrected chi connectivity index (χ2v) is 7.77. The lowest BCUT2D eigenvalue weighted by Gasteiger charge is -2.07. The van der Waals surface area contributed by atoms with Crippen molar-refractivity contribution in [2.75, 3.05) is 11.1 Å². The summed E-state index contributed by atoms with van der Waals surface area (Å²) in [6, 6.07) is 7.77. The first-order valence-corrected chi connectivity index (χ1v) is 8.55. The molecule has 0 aliphatic heterocycles. The molecule has 0 bridgehead atoms. The topological polar surface area (TPSA) is 93.8 Å². The minimum atomic E-state index is -0.302. The number of hydrogen-bond donors (Lipinski definition) is 2. The van der Waals surface area contributed by atoms with Gasteiger partial charge in [0.05, 0.1) is 15.5 Å². The van der Waals surface area contributed by atoms with Gasteiger partial charge < -0.3 is 11.1 Å². The minimum Gasteiger partial charge on any atom is -0.374 e. The van der Waals surface area contributed by atoms with Crippen molar-refractivity contribution in [3.8, 4) is 0 Å². The van der Waals surface area contributed by atoms with E-state index in [1.54, 1.807) is 0 Å². The number of anilines is 2. The zero-order valence-corrected chi connectivity index (χ0v) is 13.4. The Bertz CT molecular complexity index is 751. The van der Waals surface area contributed by atoms with Gasteiger partial charge in [0.25, 0.3) is 0 Å². The highest BCUT2D eigenvalue weighted by Crippen LogP contribution is 2.29. The van der Waals surface area contributed by atoms with Crippen LogP contribution in [0.15, 0.2) is 28.6 Å². The lowest BCUT2D eigenvalue weighted by atomic mass is 10.3. The van der Waals surface area contributed by atoms with Gasteiger partial charge in [-0.25, -0.2) is 4.98 Å². The predicted octanol–water partition coefficient (Wildman–Crippen LogP) is 2.85. The van der Waals surface area contributed by atoms with Crippen LogP contribution in [0.5, 0.6) is 0 Å². The van der Waals surface area contributed by atoms with Gasteiger partial charge in [-0.05, 0) is 19.1 Å². The summed E-state index contributed by atoms with van der Waals surface area (Å²) in [5, 5.41) is 11.1. The third kappa shape index (κ3) is 3.31. The molecule has 108 valence electrons. The molecule has 1 atom stereocenters. The molecule has 3 aromatic rings. The number of carbonyl (C=O) groups is 1. The third-order valence-electron chi connectivity index (χ3n) is 2.59. The fraction of sp³-hybridized carbons (Fsp3) is 0.167. The molecular weight excluding hydrogens is 326 g/mol. The Morgan fingerprint density at radius 3 is 2.86 bits per heavy atom. The van der Waals surface area contributed by atoms with Gasteiger partial charge in [0.2, 0.25) is 11.0 Å². The van der Waals surface area contributed by atoms with Gasteiger partial charge >= 0.3 is 0 Å². The Kier molecular flexibility index (Phi) is 4.04. The highest BCUT2D eigenvalue weighted by Gasteiger charge is 2.18. The van der Waals surface area contributed by atoms with Crippen molar-refractivity contribution < 1.29 is 4.79 Å². The maximum Gasteiger partial charge on any atom is 0.239 e. The van der Waals surface area contributed by atoms with E-state index >= 15 is 0 Å². The van der Waals surface area contributed by atoms with Crippen LogP contribution in [0.25, 0.3) is 10.2 Å². The molecule has 0 saturated heterocycles. The molecule has 0 radical (unpaired) electrons. The number of amides is 1. The maximum absolute atomic E-state index is 12.2. The molecule has 0 fully saturated rings. The average molecular weight is 337 g/mol. The zero-order valence-electron chi connectivity index (χ0n) is 10.9. The van der Waals surface area contributed by atoms with Crippen molar-refractivity contribution in [1.29, 1.82) is 0 Å². The smallest absolute Gasteiger partial charge is 0.239 e. The Morgan fingerprint density at radius 1 is 1.33 bits per heavy atom. The van der Waals surface area contributed by atoms with Gasteiger partial charge in [0.1, 0.15) is 0 Å². The second kappa shape index (κ2) is 5.96. The first kappa shape index (κ1) is 14.2. The molecule has 0 saturated carbocycles. The van der Waals surface area contributed by atoms with Crippen LogP contribution in [0.1, 0.15) is 6.92 Å². The van der Waals surface area contributed by atoms with Gasteiger partial charge in [-0.15, -0.1) is 10.2 Å². The van der Waals surface area contributed by atoms with Crippen LogP contribution in [-0.4, -0.2) is 26.3 Å². The Morgan fingerprint density at radius 2 is 2.14 bits per heavy atom. The lowest BCUT2D eigenvalue weighted by Crippen LogP contribution is -2.22. The van der Waals surface area contributed by atoms with Gasteiger partial charge in [-0.2, -0.15) is 0 Å². The normalized spacial score (nSPS) is 12.4. The molecule has 3 N–H and O–H groups in total. The molecule has 6 nitrogen and oxygen atoms in total. The summed E-state index contributed by atoms with van der Waals surface area (Å²) in [7, 11) is 0. The number of fused-ring (bicyclic) bond motifs is 1.